The summed E-state index contributed by atoms with van der Waals surface area (Å²) >= 11 is 0.920. The molecular formula is C17H13F5N2NaO4PS. The van der Waals surface area contributed by atoms with Crippen LogP contribution in [0.4, 0.5) is 32.8 Å². The average Bonchev–Trinajstić information content (AvgIpc) is 3.10. The molecule has 0 spiro atoms. The minimum Gasteiger partial charge on any atom is -1.00 e. The molecule has 31 heavy (non-hydrogen) atoms. The molecule has 2 aromatic carbocycles. The van der Waals surface area contributed by atoms with Gasteiger partial charge in [-0.1, -0.05) is 0 Å². The van der Waals surface area contributed by atoms with Crippen LogP contribution < -0.4 is 34.5 Å². The van der Waals surface area contributed by atoms with Gasteiger partial charge in [-0.25, -0.2) is 18.3 Å². The van der Waals surface area contributed by atoms with Crippen LogP contribution in [0.5, 0.6) is 0 Å². The van der Waals surface area contributed by atoms with E-state index in [1.165, 1.54) is 5.38 Å². The zero-order chi connectivity index (χ0) is 22.1. The average molecular weight is 490 g/mol. The van der Waals surface area contributed by atoms with E-state index in [4.69, 9.17) is 9.79 Å². The Bertz CT molecular complexity index is 1100. The summed E-state index contributed by atoms with van der Waals surface area (Å²) in [5.41, 5.74) is -0.755. The molecule has 0 saturated heterocycles. The molecule has 0 amide bonds. The van der Waals surface area contributed by atoms with E-state index in [2.05, 4.69) is 9.51 Å². The number of aromatic nitrogens is 1. The van der Waals surface area contributed by atoms with Gasteiger partial charge in [0.05, 0.1) is 11.3 Å². The molecule has 0 aliphatic heterocycles. The van der Waals surface area contributed by atoms with E-state index in [1.807, 2.05) is 0 Å². The Kier molecular flexibility index (Phi) is 8.39. The van der Waals surface area contributed by atoms with E-state index in [1.54, 1.807) is 0 Å². The molecule has 0 aliphatic rings. The number of phosphoric acid groups is 1. The fourth-order valence-electron chi connectivity index (χ4n) is 2.41. The van der Waals surface area contributed by atoms with Crippen molar-refractivity contribution in [2.45, 2.75) is 6.18 Å². The van der Waals surface area contributed by atoms with Crippen molar-refractivity contribution >= 4 is 30.0 Å². The van der Waals surface area contributed by atoms with Crippen LogP contribution in [0.1, 0.15) is 6.99 Å². The first-order chi connectivity index (χ1) is 13.9. The number of benzene rings is 2. The number of rotatable bonds is 6. The molecule has 0 radical (unpaired) electrons. The van der Waals surface area contributed by atoms with Crippen LogP contribution in [-0.4, -0.2) is 21.5 Å². The SMILES string of the molecule is O=P(O)(O)OCN(c1ccc(C(F)(F)F)cc1)c1nc(-c2ccc(F)cc2F)cs1.[H-].[Na+]. The van der Waals surface area contributed by atoms with Crippen molar-refractivity contribution in [2.24, 2.45) is 0 Å². The summed E-state index contributed by atoms with van der Waals surface area (Å²) in [5, 5.41) is 1.46. The molecule has 0 fully saturated rings. The van der Waals surface area contributed by atoms with Crippen LogP contribution in [-0.2, 0) is 15.3 Å². The molecule has 0 atom stereocenters. The minimum atomic E-state index is -4.91. The van der Waals surface area contributed by atoms with E-state index in [-0.39, 0.29) is 53.1 Å². The van der Waals surface area contributed by atoms with Gasteiger partial charge in [-0.2, -0.15) is 13.2 Å². The molecule has 0 bridgehead atoms. The van der Waals surface area contributed by atoms with Crippen molar-refractivity contribution in [3.63, 3.8) is 0 Å². The summed E-state index contributed by atoms with van der Waals surface area (Å²) in [7, 11) is -4.91. The third-order valence-corrected chi connectivity index (χ3v) is 5.11. The van der Waals surface area contributed by atoms with Crippen molar-refractivity contribution in [3.05, 3.63) is 65.0 Å². The maximum Gasteiger partial charge on any atom is 1.00 e. The van der Waals surface area contributed by atoms with E-state index in [0.717, 1.165) is 52.6 Å². The van der Waals surface area contributed by atoms with E-state index >= 15 is 0 Å². The summed E-state index contributed by atoms with van der Waals surface area (Å²) in [4.78, 5) is 23.2. The van der Waals surface area contributed by atoms with Crippen LogP contribution >= 0.6 is 19.2 Å². The van der Waals surface area contributed by atoms with Gasteiger partial charge < -0.3 is 11.2 Å². The van der Waals surface area contributed by atoms with Crippen LogP contribution in [0.3, 0.4) is 0 Å². The second-order valence-corrected chi connectivity index (χ2v) is 7.94. The molecule has 3 aromatic rings. The van der Waals surface area contributed by atoms with Crippen LogP contribution in [0.15, 0.2) is 47.8 Å². The predicted octanol–water partition coefficient (Wildman–Crippen LogP) is 2.43. The molecule has 0 aliphatic carbocycles. The van der Waals surface area contributed by atoms with Crippen LogP contribution in [0.25, 0.3) is 11.3 Å². The summed E-state index contributed by atoms with van der Waals surface area (Å²) in [5.74, 6) is -1.66. The quantitative estimate of drug-likeness (QED) is 0.239. The van der Waals surface area contributed by atoms with Gasteiger partial charge in [-0.3, -0.25) is 9.42 Å². The smallest absolute Gasteiger partial charge is 1.00 e. The van der Waals surface area contributed by atoms with Crippen molar-refractivity contribution in [2.75, 3.05) is 11.6 Å². The number of thiazole rings is 1. The van der Waals surface area contributed by atoms with Gasteiger partial charge in [-0.15, -0.1) is 11.3 Å². The number of phosphoric ester groups is 1. The molecule has 14 heteroatoms. The van der Waals surface area contributed by atoms with E-state index < -0.39 is 37.9 Å². The first kappa shape index (κ1) is 25.9. The van der Waals surface area contributed by atoms with Crippen LogP contribution in [0.2, 0.25) is 0 Å². The van der Waals surface area contributed by atoms with Gasteiger partial charge in [0.25, 0.3) is 0 Å². The Morgan fingerprint density at radius 3 is 2.32 bits per heavy atom. The number of anilines is 2. The Morgan fingerprint density at radius 1 is 1.13 bits per heavy atom. The standard InChI is InChI=1S/C17H12F5N2O4PS.Na.H/c18-11-3-6-13(14(19)7-11)15-8-30-16(23-15)24(9-28-29(25,26)27)12-4-1-10(2-5-12)17(20,21)22;;/h1-8H,9H2,(H2,25,26,27);;/q;+1;-1. The van der Waals surface area contributed by atoms with E-state index in [9.17, 15) is 26.5 Å². The third-order valence-electron chi connectivity index (χ3n) is 3.79. The van der Waals surface area contributed by atoms with Crippen molar-refractivity contribution in [3.8, 4) is 11.3 Å². The number of nitrogens with zero attached hydrogens (tertiary/aromatic N) is 2. The number of hydrogen-bond donors (Lipinski definition) is 2. The maximum atomic E-state index is 14.0. The fourth-order valence-corrected chi connectivity index (χ4v) is 3.51. The monoisotopic (exact) mass is 490 g/mol. The molecule has 0 unspecified atom stereocenters. The molecule has 3 rings (SSSR count). The second-order valence-electron chi connectivity index (χ2n) is 5.86. The predicted molar refractivity (Wildman–Crippen MR) is 100 cm³/mol. The molecule has 0 saturated carbocycles. The van der Waals surface area contributed by atoms with Crippen molar-refractivity contribution < 1.29 is 71.8 Å². The zero-order valence-electron chi connectivity index (χ0n) is 16.7. The summed E-state index contributed by atoms with van der Waals surface area (Å²) in [6.07, 6.45) is -4.57. The first-order valence-corrected chi connectivity index (χ1v) is 10.4. The van der Waals surface area contributed by atoms with Gasteiger partial charge >= 0.3 is 43.6 Å². The first-order valence-electron chi connectivity index (χ1n) is 8.00. The Balaban J connectivity index is 0.00000256. The van der Waals surface area contributed by atoms with Crippen molar-refractivity contribution in [1.29, 1.82) is 0 Å². The maximum absolute atomic E-state index is 14.0. The number of hydrogen-bond acceptors (Lipinski definition) is 5. The van der Waals surface area contributed by atoms with Gasteiger partial charge in [0.1, 0.15) is 18.4 Å². The Hall–Kier alpha value is -1.37. The van der Waals surface area contributed by atoms with Crippen molar-refractivity contribution in [1.82, 2.24) is 4.98 Å². The number of alkyl halides is 3. The summed E-state index contributed by atoms with van der Waals surface area (Å²) < 4.78 is 81.0. The fraction of sp³-hybridized carbons (Fsp3) is 0.118. The largest absolute Gasteiger partial charge is 1.00 e. The number of halogens is 5. The minimum absolute atomic E-state index is 0. The van der Waals surface area contributed by atoms with Gasteiger partial charge in [0, 0.05) is 22.7 Å². The molecular weight excluding hydrogens is 477 g/mol. The molecule has 6 nitrogen and oxygen atoms in total. The summed E-state index contributed by atoms with van der Waals surface area (Å²) in [6, 6.07) is 6.58. The molecule has 1 heterocycles. The third kappa shape index (κ3) is 6.80. The second kappa shape index (κ2) is 10.1. The van der Waals surface area contributed by atoms with Gasteiger partial charge in [-0.05, 0) is 36.4 Å². The molecule has 162 valence electrons. The van der Waals surface area contributed by atoms with Gasteiger partial charge in [0.15, 0.2) is 5.13 Å². The molecule has 1 aromatic heterocycles. The van der Waals surface area contributed by atoms with Gasteiger partial charge in [0.2, 0.25) is 0 Å². The zero-order valence-corrected chi connectivity index (χ0v) is 19.4. The normalized spacial score (nSPS) is 11.8. The van der Waals surface area contributed by atoms with Crippen LogP contribution in [0, 0.1) is 11.6 Å². The molecule has 2 N–H and O–H groups in total. The Morgan fingerprint density at radius 2 is 1.77 bits per heavy atom. The van der Waals surface area contributed by atoms with E-state index in [0.29, 0.717) is 6.07 Å². The summed E-state index contributed by atoms with van der Waals surface area (Å²) in [6.45, 7) is -0.742. The Labute approximate surface area is 200 Å². The topological polar surface area (TPSA) is 82.9 Å².